The van der Waals surface area contributed by atoms with Gasteiger partial charge in [-0.2, -0.15) is 5.26 Å². The van der Waals surface area contributed by atoms with Crippen LogP contribution in [-0.2, 0) is 13.0 Å². The number of likely N-dealkylation sites (tertiary alicyclic amines) is 1. The molecule has 0 aromatic heterocycles. The molecule has 1 atom stereocenters. The fraction of sp³-hybridized carbons (Fsp3) is 0.500. The van der Waals surface area contributed by atoms with Gasteiger partial charge in [0.2, 0.25) is 0 Å². The van der Waals surface area contributed by atoms with Gasteiger partial charge in [-0.05, 0) is 68.4 Å². The van der Waals surface area contributed by atoms with Crippen molar-refractivity contribution in [1.82, 2.24) is 10.2 Å². The molecule has 1 aliphatic carbocycles. The Morgan fingerprint density at radius 3 is 2.57 bits per heavy atom. The van der Waals surface area contributed by atoms with Gasteiger partial charge in [0.1, 0.15) is 17.2 Å². The highest BCUT2D eigenvalue weighted by molar-refractivity contribution is 6.19. The van der Waals surface area contributed by atoms with Crippen LogP contribution in [0.4, 0.5) is 14.9 Å². The van der Waals surface area contributed by atoms with E-state index in [1.165, 1.54) is 42.5 Å². The van der Waals surface area contributed by atoms with Gasteiger partial charge >= 0.3 is 6.03 Å². The Hall–Kier alpha value is -3.24. The summed E-state index contributed by atoms with van der Waals surface area (Å²) in [5.41, 5.74) is 2.42. The average Bonchev–Trinajstić information content (AvgIpc) is 3.16. The molecule has 2 amide bonds. The van der Waals surface area contributed by atoms with Crippen molar-refractivity contribution in [3.63, 3.8) is 0 Å². The summed E-state index contributed by atoms with van der Waals surface area (Å²) in [5.74, 6) is 0.412. The van der Waals surface area contributed by atoms with Crippen molar-refractivity contribution in [2.24, 2.45) is 10.9 Å². The second-order valence-electron chi connectivity index (χ2n) is 10.9. The smallest absolute Gasteiger partial charge is 0.299 e. The number of hydrogen-bond acceptors (Lipinski definition) is 4. The molecule has 7 heteroatoms. The van der Waals surface area contributed by atoms with Gasteiger partial charge in [-0.15, -0.1) is 0 Å². The number of carbonyl (C=O) groups is 1. The number of halogens is 1. The van der Waals surface area contributed by atoms with Crippen molar-refractivity contribution in [3.8, 4) is 6.07 Å². The molecule has 3 fully saturated rings. The van der Waals surface area contributed by atoms with Gasteiger partial charge in [0.15, 0.2) is 0 Å². The monoisotopic (exact) mass is 501 g/mol. The van der Waals surface area contributed by atoms with Crippen LogP contribution in [-0.4, -0.2) is 41.4 Å². The molecule has 1 spiro atoms. The lowest BCUT2D eigenvalue weighted by Crippen LogP contribution is -2.57. The van der Waals surface area contributed by atoms with E-state index >= 15 is 0 Å². The third-order valence-corrected chi connectivity index (χ3v) is 8.09. The fourth-order valence-corrected chi connectivity index (χ4v) is 6.15. The molecule has 1 N–H and O–H groups in total. The quantitative estimate of drug-likeness (QED) is 0.542. The van der Waals surface area contributed by atoms with E-state index < -0.39 is 5.54 Å². The van der Waals surface area contributed by atoms with Crippen molar-refractivity contribution in [3.05, 3.63) is 65.5 Å². The van der Waals surface area contributed by atoms with E-state index in [0.29, 0.717) is 5.69 Å². The highest BCUT2D eigenvalue weighted by atomic mass is 19.1. The Kier molecular flexibility index (Phi) is 7.57. The van der Waals surface area contributed by atoms with Gasteiger partial charge in [0, 0.05) is 31.2 Å². The van der Waals surface area contributed by atoms with E-state index in [-0.39, 0.29) is 23.8 Å². The second-order valence-corrected chi connectivity index (χ2v) is 10.9. The summed E-state index contributed by atoms with van der Waals surface area (Å²) in [5, 5.41) is 12.3. The van der Waals surface area contributed by atoms with Crippen molar-refractivity contribution in [1.29, 1.82) is 5.26 Å². The first-order valence-electron chi connectivity index (χ1n) is 13.6. The zero-order chi connectivity index (χ0) is 25.8. The number of hydrogen-bond donors (Lipinski definition) is 1. The highest BCUT2D eigenvalue weighted by Gasteiger charge is 2.53. The van der Waals surface area contributed by atoms with E-state index in [9.17, 15) is 9.18 Å². The first kappa shape index (κ1) is 25.4. The minimum atomic E-state index is -0.580. The summed E-state index contributed by atoms with van der Waals surface area (Å²) in [7, 11) is 0. The molecule has 1 saturated carbocycles. The molecule has 3 aliphatic rings. The van der Waals surface area contributed by atoms with Crippen LogP contribution in [0.25, 0.3) is 0 Å². The van der Waals surface area contributed by atoms with E-state index in [1.54, 1.807) is 11.0 Å². The first-order valence-corrected chi connectivity index (χ1v) is 13.6. The third-order valence-electron chi connectivity index (χ3n) is 8.09. The van der Waals surface area contributed by atoms with Crippen LogP contribution in [0.3, 0.4) is 0 Å². The zero-order valence-corrected chi connectivity index (χ0v) is 21.6. The number of nitrogens with zero attached hydrogens (tertiary/aromatic N) is 4. The zero-order valence-electron chi connectivity index (χ0n) is 21.6. The lowest BCUT2D eigenvalue weighted by Gasteiger charge is -2.44. The number of nitriles is 1. The largest absolute Gasteiger partial charge is 0.328 e. The molecule has 37 heavy (non-hydrogen) atoms. The summed E-state index contributed by atoms with van der Waals surface area (Å²) in [6.07, 6.45) is 7.94. The number of benzene rings is 2. The molecule has 194 valence electrons. The Morgan fingerprint density at radius 1 is 1.11 bits per heavy atom. The molecule has 2 heterocycles. The van der Waals surface area contributed by atoms with Crippen LogP contribution in [0.15, 0.2) is 53.5 Å². The predicted molar refractivity (Wildman–Crippen MR) is 144 cm³/mol. The van der Waals surface area contributed by atoms with Crippen molar-refractivity contribution in [2.45, 2.75) is 76.4 Å². The van der Waals surface area contributed by atoms with E-state index in [0.717, 1.165) is 57.6 Å². The Balaban J connectivity index is 1.37. The standard InChI is InChI=1S/C30H36FN5O/c1-22(20-32)17-23-7-5-8-24(18-23)21-35-15-13-30(14-16-35)28(33-26-10-3-2-4-11-26)34-29(37)36(30)27-12-6-9-25(31)19-27/h5-9,12,18-19,22,26H,2-4,10-11,13-17,21H2,1H3,(H,33,34,37). The first-order chi connectivity index (χ1) is 18.0. The summed E-state index contributed by atoms with van der Waals surface area (Å²) >= 11 is 0. The molecule has 2 aromatic rings. The Labute approximate surface area is 219 Å². The number of amides is 2. The van der Waals surface area contributed by atoms with Crippen LogP contribution in [0.5, 0.6) is 0 Å². The van der Waals surface area contributed by atoms with Gasteiger partial charge in [-0.25, -0.2) is 9.18 Å². The molecule has 2 aliphatic heterocycles. The molecule has 6 nitrogen and oxygen atoms in total. The van der Waals surface area contributed by atoms with Crippen molar-refractivity contribution >= 4 is 17.6 Å². The second kappa shape index (κ2) is 11.0. The molecule has 1 unspecified atom stereocenters. The van der Waals surface area contributed by atoms with Crippen LogP contribution in [0.2, 0.25) is 0 Å². The van der Waals surface area contributed by atoms with Crippen LogP contribution >= 0.6 is 0 Å². The molecule has 2 aromatic carbocycles. The molecule has 0 bridgehead atoms. The van der Waals surface area contributed by atoms with Crippen LogP contribution in [0, 0.1) is 23.1 Å². The number of piperidine rings is 1. The number of aliphatic imine (C=N–C) groups is 1. The molecular weight excluding hydrogens is 465 g/mol. The Morgan fingerprint density at radius 2 is 1.84 bits per heavy atom. The maximum Gasteiger partial charge on any atom is 0.328 e. The summed E-state index contributed by atoms with van der Waals surface area (Å²) in [6, 6.07) is 17.2. The summed E-state index contributed by atoms with van der Waals surface area (Å²) < 4.78 is 14.2. The van der Waals surface area contributed by atoms with Gasteiger partial charge in [0.05, 0.1) is 12.1 Å². The molecule has 0 radical (unpaired) electrons. The van der Waals surface area contributed by atoms with E-state index in [4.69, 9.17) is 10.3 Å². The predicted octanol–water partition coefficient (Wildman–Crippen LogP) is 5.82. The minimum Gasteiger partial charge on any atom is -0.299 e. The minimum absolute atomic E-state index is 0.00632. The Bertz CT molecular complexity index is 1190. The number of carbonyl (C=O) groups excluding carboxylic acids is 1. The summed E-state index contributed by atoms with van der Waals surface area (Å²) in [4.78, 5) is 22.6. The van der Waals surface area contributed by atoms with Crippen molar-refractivity contribution < 1.29 is 9.18 Å². The maximum absolute atomic E-state index is 14.2. The van der Waals surface area contributed by atoms with Gasteiger partial charge < -0.3 is 0 Å². The van der Waals surface area contributed by atoms with E-state index in [1.807, 2.05) is 13.0 Å². The molecule has 2 saturated heterocycles. The SMILES string of the molecule is CC(C#N)Cc1cccc(CN2CCC3(CC2)C(=NC2CCCCC2)NC(=O)N3c2cccc(F)c2)c1. The average molecular weight is 502 g/mol. The third kappa shape index (κ3) is 5.55. The fourth-order valence-electron chi connectivity index (χ4n) is 6.15. The molecular formula is C30H36FN5O. The van der Waals surface area contributed by atoms with Gasteiger partial charge in [-0.1, -0.05) is 49.6 Å². The maximum atomic E-state index is 14.2. The van der Waals surface area contributed by atoms with Gasteiger partial charge in [0.25, 0.3) is 0 Å². The number of rotatable bonds is 6. The van der Waals surface area contributed by atoms with E-state index in [2.05, 4.69) is 40.6 Å². The topological polar surface area (TPSA) is 71.7 Å². The molecule has 5 rings (SSSR count). The van der Waals surface area contributed by atoms with Crippen molar-refractivity contribution in [2.75, 3.05) is 18.0 Å². The normalized spacial score (nSPS) is 22.2. The number of urea groups is 1. The lowest BCUT2D eigenvalue weighted by molar-refractivity contribution is 0.184. The summed E-state index contributed by atoms with van der Waals surface area (Å²) in [6.45, 7) is 4.39. The number of amidine groups is 1. The lowest BCUT2D eigenvalue weighted by atomic mass is 9.84. The van der Waals surface area contributed by atoms with Crippen LogP contribution in [0.1, 0.15) is 63.0 Å². The number of anilines is 1. The van der Waals surface area contributed by atoms with Gasteiger partial charge in [-0.3, -0.25) is 20.1 Å². The van der Waals surface area contributed by atoms with Crippen LogP contribution < -0.4 is 10.2 Å². The number of nitrogens with one attached hydrogen (secondary N) is 1. The highest BCUT2D eigenvalue weighted by Crippen LogP contribution is 2.39.